The monoisotopic (exact) mass is 544 g/mol. The summed E-state index contributed by atoms with van der Waals surface area (Å²) >= 11 is 0. The first-order valence-corrected chi connectivity index (χ1v) is 13.3. The van der Waals surface area contributed by atoms with Crippen molar-refractivity contribution >= 4 is 18.0 Å². The molecule has 0 spiro atoms. The van der Waals surface area contributed by atoms with Gasteiger partial charge in [-0.25, -0.2) is 9.59 Å². The van der Waals surface area contributed by atoms with Crippen LogP contribution < -0.4 is 15.4 Å². The molecule has 2 atom stereocenters. The molecule has 3 aromatic rings. The van der Waals surface area contributed by atoms with Crippen molar-refractivity contribution < 1.29 is 28.6 Å². The average molecular weight is 545 g/mol. The number of hydrogen-bond donors (Lipinski definition) is 2. The fourth-order valence-electron chi connectivity index (χ4n) is 4.80. The Labute approximate surface area is 235 Å². The van der Waals surface area contributed by atoms with Gasteiger partial charge in [0.05, 0.1) is 7.11 Å². The Bertz CT molecular complexity index is 1320. The fourth-order valence-corrected chi connectivity index (χ4v) is 4.80. The molecule has 8 heteroatoms. The minimum absolute atomic E-state index is 0.0915. The van der Waals surface area contributed by atoms with Crippen LogP contribution in [0.15, 0.2) is 72.8 Å². The molecule has 0 radical (unpaired) electrons. The quantitative estimate of drug-likeness (QED) is 0.368. The highest BCUT2D eigenvalue weighted by molar-refractivity contribution is 5.89. The first-order valence-electron chi connectivity index (χ1n) is 13.3. The van der Waals surface area contributed by atoms with E-state index < -0.39 is 30.1 Å². The van der Waals surface area contributed by atoms with Crippen LogP contribution in [-0.4, -0.2) is 49.4 Å². The van der Waals surface area contributed by atoms with Crippen LogP contribution in [0.3, 0.4) is 0 Å². The molecule has 0 aliphatic heterocycles. The molecule has 1 aliphatic rings. The smallest absolute Gasteiger partial charge is 0.407 e. The molecule has 8 nitrogen and oxygen atoms in total. The van der Waals surface area contributed by atoms with E-state index in [-0.39, 0.29) is 24.5 Å². The largest absolute Gasteiger partial charge is 0.488 e. The third-order valence-corrected chi connectivity index (χ3v) is 6.66. The Kier molecular flexibility index (Phi) is 8.77. The zero-order valence-electron chi connectivity index (χ0n) is 23.5. The third-order valence-electron chi connectivity index (χ3n) is 6.66. The molecule has 0 saturated carbocycles. The zero-order valence-corrected chi connectivity index (χ0v) is 23.5. The van der Waals surface area contributed by atoms with Crippen molar-refractivity contribution in [2.24, 2.45) is 0 Å². The van der Waals surface area contributed by atoms with Gasteiger partial charge in [-0.3, -0.25) is 4.79 Å². The summed E-state index contributed by atoms with van der Waals surface area (Å²) in [4.78, 5) is 37.9. The molecule has 4 rings (SSSR count). The van der Waals surface area contributed by atoms with E-state index in [0.29, 0.717) is 5.75 Å². The Morgan fingerprint density at radius 2 is 1.43 bits per heavy atom. The standard InChI is InChI=1S/C32H36N2O6/c1-20(29(35)34-28(30(36)38-5)18-21-14-16-22(17-15-21)40-32(2,3)4)33-31(37)39-19-27-25-12-8-6-10-23(25)24-11-7-9-13-26(24)27/h6-17,20,27-28H,18-19H2,1-5H3,(H,33,37)(H,34,35)/t20-,28-/m0/s1. The summed E-state index contributed by atoms with van der Waals surface area (Å²) in [7, 11) is 1.26. The van der Waals surface area contributed by atoms with Crippen LogP contribution >= 0.6 is 0 Å². The molecular weight excluding hydrogens is 508 g/mol. The van der Waals surface area contributed by atoms with Crippen LogP contribution in [0, 0.1) is 0 Å². The lowest BCUT2D eigenvalue weighted by Crippen LogP contribution is -2.51. The molecule has 3 aromatic carbocycles. The van der Waals surface area contributed by atoms with Crippen molar-refractivity contribution in [3.63, 3.8) is 0 Å². The number of esters is 1. The number of hydrogen-bond acceptors (Lipinski definition) is 6. The number of benzene rings is 3. The normalized spacial score (nSPS) is 13.8. The second-order valence-electron chi connectivity index (χ2n) is 10.8. The highest BCUT2D eigenvalue weighted by Crippen LogP contribution is 2.44. The van der Waals surface area contributed by atoms with Crippen molar-refractivity contribution in [3.8, 4) is 16.9 Å². The van der Waals surface area contributed by atoms with Gasteiger partial charge in [0.1, 0.15) is 30.0 Å². The Hall–Kier alpha value is -4.33. The first-order chi connectivity index (χ1) is 19.1. The third kappa shape index (κ3) is 7.00. The highest BCUT2D eigenvalue weighted by Gasteiger charge is 2.30. The van der Waals surface area contributed by atoms with E-state index in [9.17, 15) is 14.4 Å². The van der Waals surface area contributed by atoms with Crippen molar-refractivity contribution in [2.45, 2.75) is 57.7 Å². The number of rotatable bonds is 9. The second kappa shape index (κ2) is 12.2. The lowest BCUT2D eigenvalue weighted by molar-refractivity contribution is -0.145. The molecule has 1 aliphatic carbocycles. The molecule has 0 unspecified atom stereocenters. The Balaban J connectivity index is 1.33. The van der Waals surface area contributed by atoms with E-state index in [1.807, 2.05) is 81.4 Å². The number of amides is 2. The number of carbonyl (C=O) groups is 3. The summed E-state index contributed by atoms with van der Waals surface area (Å²) in [6, 6.07) is 21.5. The fraction of sp³-hybridized carbons (Fsp3) is 0.344. The van der Waals surface area contributed by atoms with Crippen LogP contribution in [0.2, 0.25) is 0 Å². The molecular formula is C32H36N2O6. The van der Waals surface area contributed by atoms with Crippen LogP contribution in [0.25, 0.3) is 11.1 Å². The van der Waals surface area contributed by atoms with Gasteiger partial charge < -0.3 is 24.8 Å². The zero-order chi connectivity index (χ0) is 28.9. The van der Waals surface area contributed by atoms with Gasteiger partial charge in [0.2, 0.25) is 5.91 Å². The Morgan fingerprint density at radius 3 is 1.98 bits per heavy atom. The van der Waals surface area contributed by atoms with Gasteiger partial charge in [-0.2, -0.15) is 0 Å². The number of alkyl carbamates (subject to hydrolysis) is 1. The summed E-state index contributed by atoms with van der Waals surface area (Å²) in [6.45, 7) is 7.54. The summed E-state index contributed by atoms with van der Waals surface area (Å²) < 4.78 is 16.3. The minimum atomic E-state index is -0.939. The van der Waals surface area contributed by atoms with E-state index in [1.54, 1.807) is 0 Å². The first kappa shape index (κ1) is 28.7. The predicted molar refractivity (Wildman–Crippen MR) is 152 cm³/mol. The SMILES string of the molecule is COC(=O)[C@H](Cc1ccc(OC(C)(C)C)cc1)NC(=O)[C@H](C)NC(=O)OCC1c2ccccc2-c2ccccc21. The maximum Gasteiger partial charge on any atom is 0.407 e. The lowest BCUT2D eigenvalue weighted by Gasteiger charge is -2.22. The maximum atomic E-state index is 12.9. The number of methoxy groups -OCH3 is 1. The second-order valence-corrected chi connectivity index (χ2v) is 10.8. The van der Waals surface area contributed by atoms with Crippen molar-refractivity contribution in [1.82, 2.24) is 10.6 Å². The Morgan fingerprint density at radius 1 is 0.850 bits per heavy atom. The lowest BCUT2D eigenvalue weighted by atomic mass is 9.98. The molecule has 0 heterocycles. The molecule has 0 bridgehead atoms. The van der Waals surface area contributed by atoms with Gasteiger partial charge in [0.15, 0.2) is 0 Å². The molecule has 210 valence electrons. The number of fused-ring (bicyclic) bond motifs is 3. The van der Waals surface area contributed by atoms with Crippen molar-refractivity contribution in [3.05, 3.63) is 89.5 Å². The maximum absolute atomic E-state index is 12.9. The highest BCUT2D eigenvalue weighted by atomic mass is 16.5. The van der Waals surface area contributed by atoms with E-state index in [4.69, 9.17) is 14.2 Å². The summed E-state index contributed by atoms with van der Waals surface area (Å²) in [5.41, 5.74) is 4.94. The minimum Gasteiger partial charge on any atom is -0.488 e. The molecule has 0 fully saturated rings. The number of nitrogens with one attached hydrogen (secondary N) is 2. The average Bonchev–Trinajstić information content (AvgIpc) is 3.24. The predicted octanol–water partition coefficient (Wildman–Crippen LogP) is 4.99. The van der Waals surface area contributed by atoms with Gasteiger partial charge in [-0.1, -0.05) is 60.7 Å². The molecule has 2 amide bonds. The van der Waals surface area contributed by atoms with E-state index >= 15 is 0 Å². The van der Waals surface area contributed by atoms with Gasteiger partial charge in [0.25, 0.3) is 0 Å². The van der Waals surface area contributed by atoms with Gasteiger partial charge in [-0.05, 0) is 67.6 Å². The van der Waals surface area contributed by atoms with Gasteiger partial charge in [0, 0.05) is 12.3 Å². The number of ether oxygens (including phenoxy) is 3. The van der Waals surface area contributed by atoms with E-state index in [1.165, 1.54) is 14.0 Å². The van der Waals surface area contributed by atoms with Crippen LogP contribution in [0.5, 0.6) is 5.75 Å². The summed E-state index contributed by atoms with van der Waals surface area (Å²) in [5, 5.41) is 5.25. The molecule has 2 N–H and O–H groups in total. The molecule has 0 aromatic heterocycles. The summed E-state index contributed by atoms with van der Waals surface area (Å²) in [5.74, 6) is -0.504. The van der Waals surface area contributed by atoms with Crippen LogP contribution in [0.1, 0.15) is 50.3 Å². The van der Waals surface area contributed by atoms with Crippen LogP contribution in [-0.2, 0) is 25.5 Å². The van der Waals surface area contributed by atoms with Gasteiger partial charge >= 0.3 is 12.1 Å². The van der Waals surface area contributed by atoms with E-state index in [0.717, 1.165) is 27.8 Å². The topological polar surface area (TPSA) is 103 Å². The summed E-state index contributed by atoms with van der Waals surface area (Å²) in [6.07, 6.45) is -0.500. The van der Waals surface area contributed by atoms with Crippen molar-refractivity contribution in [2.75, 3.05) is 13.7 Å². The number of carbonyl (C=O) groups excluding carboxylic acids is 3. The molecule has 0 saturated heterocycles. The molecule has 40 heavy (non-hydrogen) atoms. The van der Waals surface area contributed by atoms with E-state index in [2.05, 4.69) is 22.8 Å². The van der Waals surface area contributed by atoms with Crippen molar-refractivity contribution in [1.29, 1.82) is 0 Å². The van der Waals surface area contributed by atoms with Crippen LogP contribution in [0.4, 0.5) is 4.79 Å². The van der Waals surface area contributed by atoms with Gasteiger partial charge in [-0.15, -0.1) is 0 Å².